The lowest BCUT2D eigenvalue weighted by molar-refractivity contribution is -0.206. The molecule has 30 heteroatoms. The Hall–Kier alpha value is -9.39. The van der Waals surface area contributed by atoms with Crippen LogP contribution in [0.5, 0.6) is 17.2 Å². The number of unbranched alkanes of at least 4 members (excludes halogenated alkanes) is 2. The minimum atomic E-state index is -4.75. The highest BCUT2D eigenvalue weighted by Gasteiger charge is 2.45. The number of rotatable bonds is 22. The van der Waals surface area contributed by atoms with Crippen LogP contribution in [0.15, 0.2) is 133 Å². The second kappa shape index (κ2) is 36.0. The summed E-state index contributed by atoms with van der Waals surface area (Å²) in [6, 6.07) is 18.5. The third-order valence-electron chi connectivity index (χ3n) is 18.7. The average molecular weight is 1590 g/mol. The molecule has 0 amide bonds. The van der Waals surface area contributed by atoms with Crippen molar-refractivity contribution < 1.29 is 134 Å². The van der Waals surface area contributed by atoms with Gasteiger partial charge in [0.2, 0.25) is 0 Å². The fraction of sp³-hybridized carbons (Fsp3) is 0.333. The molecule has 0 spiro atoms. The van der Waals surface area contributed by atoms with Crippen LogP contribution in [0.4, 0.5) is 101 Å². The molecule has 3 aliphatic heterocycles. The highest BCUT2D eigenvalue weighted by Crippen LogP contribution is 2.44. The molecule has 9 aromatic carbocycles. The number of ether oxygens (including phenoxy) is 7. The van der Waals surface area contributed by atoms with Crippen LogP contribution >= 0.6 is 0 Å². The zero-order valence-electron chi connectivity index (χ0n) is 58.8. The van der Waals surface area contributed by atoms with Gasteiger partial charge in [-0.25, -0.2) is 74.6 Å². The summed E-state index contributed by atoms with van der Waals surface area (Å²) in [6.07, 6.45) is -4.49. The lowest BCUT2D eigenvalue weighted by Crippen LogP contribution is -2.27. The predicted molar refractivity (Wildman–Crippen MR) is 358 cm³/mol. The molecule has 0 saturated carbocycles. The number of alkyl halides is 6. The topological polar surface area (TPSA) is 64.6 Å². The molecular weight excluding hydrogens is 1520 g/mol. The van der Waals surface area contributed by atoms with E-state index in [1.165, 1.54) is 30.3 Å². The minimum absolute atomic E-state index is 0.00236. The number of hydrogen-bond donors (Lipinski definition) is 0. The molecule has 4 atom stereocenters. The van der Waals surface area contributed by atoms with E-state index >= 15 is 0 Å². The van der Waals surface area contributed by atoms with Gasteiger partial charge in [0.15, 0.2) is 58.6 Å². The van der Waals surface area contributed by atoms with Gasteiger partial charge in [-0.3, -0.25) is 0 Å². The van der Waals surface area contributed by atoms with Gasteiger partial charge in [0.25, 0.3) is 0 Å². The summed E-state index contributed by atoms with van der Waals surface area (Å²) in [4.78, 5) is 0. The Morgan fingerprint density at radius 3 is 1.00 bits per heavy atom. The van der Waals surface area contributed by atoms with E-state index in [9.17, 15) is 101 Å². The standard InChI is InChI=1S/C28H24F8O3.C27H23F7O2.C26H20F8O2/c1-2-3-4-5-15-13-37-27(38-14-15)16-6-7-19(20(29)8-16)17-9-21(30)25(22(31)10-17)28(35,36)39-18-11-23(32)26(34)24(33)12-18;1-2-3-15-4-9-24(35-14-15)17-7-5-16(6-8-17)18-10-20(28)25(21(29)11-18)27(33,34)36-19-12-22(30)26(32)23(31)13-19;1-2-13-3-6-23(35-12-13)14-4-5-17(18(27)7-14)15-8-19(28)24(20(29)9-15)26(33,34)36-16-10-21(30)25(32)22(31)11-16/h6-12,15,27H,2-5,13-14H2,1H3;5-8,10-13,15,24H,2-4,9,14H2,1H3;4-5,7-11,13,23H,2-3,6,12H2,1H3. The largest absolute Gasteiger partial charge is 0.432 e. The van der Waals surface area contributed by atoms with Gasteiger partial charge in [-0.05, 0) is 132 Å². The van der Waals surface area contributed by atoms with E-state index < -0.39 is 163 Å². The van der Waals surface area contributed by atoms with E-state index in [-0.39, 0.29) is 76.8 Å². The molecule has 7 nitrogen and oxygen atoms in total. The fourth-order valence-electron chi connectivity index (χ4n) is 12.9. The Labute approximate surface area is 620 Å². The van der Waals surface area contributed by atoms with Gasteiger partial charge in [0.05, 0.1) is 38.6 Å². The van der Waals surface area contributed by atoms with Gasteiger partial charge in [-0.2, -0.15) is 26.3 Å². The summed E-state index contributed by atoms with van der Waals surface area (Å²) in [5, 5.41) is 0. The first kappa shape index (κ1) is 84.1. The van der Waals surface area contributed by atoms with Crippen molar-refractivity contribution >= 4 is 0 Å². The summed E-state index contributed by atoms with van der Waals surface area (Å²) in [6.45, 7) is 8.36. The normalized spacial score (nSPS) is 18.2. The Bertz CT molecular complexity index is 4610. The van der Waals surface area contributed by atoms with E-state index in [4.69, 9.17) is 18.9 Å². The number of halogens is 23. The summed E-state index contributed by atoms with van der Waals surface area (Å²) in [7, 11) is 0. The van der Waals surface area contributed by atoms with E-state index in [1.54, 1.807) is 24.3 Å². The molecule has 594 valence electrons. The highest BCUT2D eigenvalue weighted by molar-refractivity contribution is 5.67. The molecule has 0 aliphatic carbocycles. The van der Waals surface area contributed by atoms with Crippen LogP contribution in [0.1, 0.15) is 143 Å². The van der Waals surface area contributed by atoms with Gasteiger partial charge in [0.1, 0.15) is 80.5 Å². The monoisotopic (exact) mass is 1590 g/mol. The van der Waals surface area contributed by atoms with Crippen molar-refractivity contribution in [3.05, 3.63) is 266 Å². The lowest BCUT2D eigenvalue weighted by atomic mass is 9.91. The van der Waals surface area contributed by atoms with Crippen molar-refractivity contribution in [3.8, 4) is 50.6 Å². The molecule has 0 bridgehead atoms. The SMILES string of the molecule is CCC1CCC(c2ccc(-c3cc(F)c(C(F)(F)Oc4cc(F)c(F)c(F)c4)c(F)c3)c(F)c2)OC1.CCCC1CCC(c2ccc(-c3cc(F)c(C(F)(F)Oc4cc(F)c(F)c(F)c4)c(F)c3)cc2)OC1.CCCCCC1COC(c2ccc(-c3cc(F)c(C(F)(F)Oc4cc(F)c(F)c(F)c4)c(F)c3)c(F)c2)OC1. The lowest BCUT2D eigenvalue weighted by Gasteiger charge is -2.29. The Kier molecular flexibility index (Phi) is 27.2. The van der Waals surface area contributed by atoms with Crippen molar-refractivity contribution in [2.75, 3.05) is 26.4 Å². The first-order valence-corrected chi connectivity index (χ1v) is 34.9. The molecule has 12 rings (SSSR count). The molecule has 4 unspecified atom stereocenters. The maximum Gasteiger partial charge on any atom is 0.432 e. The van der Waals surface area contributed by atoms with Crippen molar-refractivity contribution in [1.82, 2.24) is 0 Å². The molecule has 0 N–H and O–H groups in total. The maximum atomic E-state index is 14.9. The van der Waals surface area contributed by atoms with Gasteiger partial charge in [0, 0.05) is 59.0 Å². The van der Waals surface area contributed by atoms with Crippen molar-refractivity contribution in [3.63, 3.8) is 0 Å². The molecule has 3 heterocycles. The Balaban J connectivity index is 0.000000177. The number of hydrogen-bond acceptors (Lipinski definition) is 7. The van der Waals surface area contributed by atoms with Crippen LogP contribution < -0.4 is 14.2 Å². The van der Waals surface area contributed by atoms with Crippen molar-refractivity contribution in [2.24, 2.45) is 17.8 Å². The molecule has 0 aromatic heterocycles. The van der Waals surface area contributed by atoms with Gasteiger partial charge >= 0.3 is 18.3 Å². The summed E-state index contributed by atoms with van der Waals surface area (Å²) in [5.41, 5.74) is -4.60. The smallest absolute Gasteiger partial charge is 0.429 e. The van der Waals surface area contributed by atoms with E-state index in [0.717, 1.165) is 75.8 Å². The first-order valence-electron chi connectivity index (χ1n) is 34.9. The van der Waals surface area contributed by atoms with E-state index in [2.05, 4.69) is 35.0 Å². The Morgan fingerprint density at radius 2 is 0.649 bits per heavy atom. The minimum Gasteiger partial charge on any atom is -0.429 e. The number of benzene rings is 9. The van der Waals surface area contributed by atoms with Crippen LogP contribution in [0, 0.1) is 117 Å². The van der Waals surface area contributed by atoms with Crippen LogP contribution in [-0.4, -0.2) is 26.4 Å². The fourth-order valence-corrected chi connectivity index (χ4v) is 12.9. The molecule has 9 aromatic rings. The quantitative estimate of drug-likeness (QED) is 0.0381. The third kappa shape index (κ3) is 20.3. The van der Waals surface area contributed by atoms with E-state index in [1.807, 2.05) is 0 Å². The van der Waals surface area contributed by atoms with Crippen molar-refractivity contribution in [1.29, 1.82) is 0 Å². The van der Waals surface area contributed by atoms with Crippen molar-refractivity contribution in [2.45, 2.75) is 128 Å². The van der Waals surface area contributed by atoms with Gasteiger partial charge in [-0.1, -0.05) is 101 Å². The van der Waals surface area contributed by atoms with Crippen LogP contribution in [0.3, 0.4) is 0 Å². The highest BCUT2D eigenvalue weighted by atomic mass is 19.3. The third-order valence-corrected chi connectivity index (χ3v) is 18.7. The second-order valence-electron chi connectivity index (χ2n) is 26.6. The van der Waals surface area contributed by atoms with Crippen LogP contribution in [0.25, 0.3) is 33.4 Å². The van der Waals surface area contributed by atoms with E-state index in [0.29, 0.717) is 97.8 Å². The average Bonchev–Trinajstić information content (AvgIpc) is 0.782. The molecule has 3 fully saturated rings. The zero-order valence-corrected chi connectivity index (χ0v) is 58.8. The predicted octanol–water partition coefficient (Wildman–Crippen LogP) is 25.2. The molecule has 3 aliphatic rings. The van der Waals surface area contributed by atoms with Gasteiger partial charge < -0.3 is 33.2 Å². The summed E-state index contributed by atoms with van der Waals surface area (Å²) >= 11 is 0. The molecule has 3 saturated heterocycles. The molecule has 0 radical (unpaired) electrons. The second-order valence-corrected chi connectivity index (χ2v) is 26.6. The zero-order chi connectivity index (χ0) is 80.6. The summed E-state index contributed by atoms with van der Waals surface area (Å²) in [5.74, 6) is -31.2. The first-order chi connectivity index (χ1) is 52.6. The van der Waals surface area contributed by atoms with Crippen LogP contribution in [-0.2, 0) is 37.3 Å². The summed E-state index contributed by atoms with van der Waals surface area (Å²) < 4.78 is 360. The Morgan fingerprint density at radius 1 is 0.306 bits per heavy atom. The molecular formula is C81H67F23O7. The van der Waals surface area contributed by atoms with Gasteiger partial charge in [-0.15, -0.1) is 0 Å². The molecule has 111 heavy (non-hydrogen) atoms. The van der Waals surface area contributed by atoms with Crippen LogP contribution in [0.2, 0.25) is 0 Å². The maximum absolute atomic E-state index is 14.9.